The highest BCUT2D eigenvalue weighted by atomic mass is 35.5. The molecule has 0 heterocycles. The van der Waals surface area contributed by atoms with Gasteiger partial charge >= 0.3 is 0 Å². The van der Waals surface area contributed by atoms with Gasteiger partial charge in [-0.2, -0.15) is 0 Å². The highest BCUT2D eigenvalue weighted by Crippen LogP contribution is 2.30. The molecule has 4 N–H and O–H groups in total. The van der Waals surface area contributed by atoms with Crippen LogP contribution >= 0.6 is 12.4 Å². The van der Waals surface area contributed by atoms with Crippen LogP contribution < -0.4 is 16.4 Å². The van der Waals surface area contributed by atoms with Gasteiger partial charge in [-0.25, -0.2) is 0 Å². The van der Waals surface area contributed by atoms with E-state index in [1.54, 1.807) is 18.2 Å². The van der Waals surface area contributed by atoms with Crippen LogP contribution in [-0.4, -0.2) is 24.4 Å². The lowest BCUT2D eigenvalue weighted by molar-refractivity contribution is -0.117. The minimum absolute atomic E-state index is 0. The smallest absolute Gasteiger partial charge is 0.251 e. The van der Waals surface area contributed by atoms with Crippen LogP contribution in [0.15, 0.2) is 24.3 Å². The van der Waals surface area contributed by atoms with Gasteiger partial charge in [-0.1, -0.05) is 12.5 Å². The molecule has 0 bridgehead atoms. The fraction of sp³-hybridized carbons (Fsp3) is 0.529. The summed E-state index contributed by atoms with van der Waals surface area (Å²) >= 11 is 0. The Morgan fingerprint density at radius 2 is 1.96 bits per heavy atom. The van der Waals surface area contributed by atoms with Gasteiger partial charge in [0.2, 0.25) is 5.91 Å². The van der Waals surface area contributed by atoms with E-state index in [2.05, 4.69) is 10.6 Å². The first-order valence-electron chi connectivity index (χ1n) is 8.09. The predicted molar refractivity (Wildman–Crippen MR) is 92.7 cm³/mol. The van der Waals surface area contributed by atoms with Crippen LogP contribution in [-0.2, 0) is 4.79 Å². The van der Waals surface area contributed by atoms with Crippen molar-refractivity contribution in [3.8, 4) is 0 Å². The van der Waals surface area contributed by atoms with Gasteiger partial charge in [-0.05, 0) is 56.3 Å². The maximum atomic E-state index is 12.4. The first kappa shape index (κ1) is 17.8. The number of nitrogens with two attached hydrogens (primary N) is 1. The number of hydrogen-bond donors (Lipinski definition) is 3. The van der Waals surface area contributed by atoms with Gasteiger partial charge in [-0.3, -0.25) is 9.59 Å². The second-order valence-electron chi connectivity index (χ2n) is 6.35. The Labute approximate surface area is 142 Å². The van der Waals surface area contributed by atoms with Crippen molar-refractivity contribution < 1.29 is 9.59 Å². The van der Waals surface area contributed by atoms with Crippen molar-refractivity contribution >= 4 is 29.9 Å². The van der Waals surface area contributed by atoms with Crippen LogP contribution in [0.2, 0.25) is 0 Å². The standard InChI is InChI=1S/C17H23N3O2.ClH/c18-10-13-4-2-6-15(13)20-17(22)12-3-1-5-14(9-12)19-16(21)11-7-8-11;/h1,3,5,9,11,13,15H,2,4,6-8,10,18H2,(H,19,21)(H,20,22);1H. The van der Waals surface area contributed by atoms with E-state index >= 15 is 0 Å². The fourth-order valence-electron chi connectivity index (χ4n) is 3.09. The number of rotatable bonds is 5. The molecule has 5 nitrogen and oxygen atoms in total. The molecule has 2 unspecified atom stereocenters. The Balaban J connectivity index is 0.00000192. The van der Waals surface area contributed by atoms with Crippen LogP contribution in [0.25, 0.3) is 0 Å². The van der Waals surface area contributed by atoms with Gasteiger partial charge in [0.1, 0.15) is 0 Å². The number of amides is 2. The Morgan fingerprint density at radius 1 is 1.17 bits per heavy atom. The topological polar surface area (TPSA) is 84.2 Å². The molecule has 0 spiro atoms. The van der Waals surface area contributed by atoms with Crippen molar-refractivity contribution in [2.45, 2.75) is 38.1 Å². The molecule has 0 radical (unpaired) electrons. The highest BCUT2D eigenvalue weighted by molar-refractivity contribution is 5.98. The van der Waals surface area contributed by atoms with Crippen molar-refractivity contribution in [1.82, 2.24) is 5.32 Å². The third kappa shape index (κ3) is 4.45. The molecular formula is C17H24ClN3O2. The number of hydrogen-bond acceptors (Lipinski definition) is 3. The molecule has 1 aromatic rings. The van der Waals surface area contributed by atoms with Gasteiger partial charge in [0.15, 0.2) is 0 Å². The zero-order valence-electron chi connectivity index (χ0n) is 13.1. The SMILES string of the molecule is Cl.NCC1CCCC1NC(=O)c1cccc(NC(=O)C2CC2)c1. The Bertz CT molecular complexity index is 575. The molecular weight excluding hydrogens is 314 g/mol. The van der Waals surface area contributed by atoms with E-state index in [9.17, 15) is 9.59 Å². The Morgan fingerprint density at radius 3 is 2.65 bits per heavy atom. The van der Waals surface area contributed by atoms with Gasteiger partial charge < -0.3 is 16.4 Å². The van der Waals surface area contributed by atoms with Crippen molar-refractivity contribution in [2.24, 2.45) is 17.6 Å². The summed E-state index contributed by atoms with van der Waals surface area (Å²) in [7, 11) is 0. The van der Waals surface area contributed by atoms with Crippen LogP contribution in [0.5, 0.6) is 0 Å². The molecule has 2 aliphatic rings. The van der Waals surface area contributed by atoms with E-state index in [0.717, 1.165) is 32.1 Å². The molecule has 2 fully saturated rings. The normalized spacial score (nSPS) is 23.0. The summed E-state index contributed by atoms with van der Waals surface area (Å²) in [6, 6.07) is 7.29. The number of carbonyl (C=O) groups excluding carboxylic acids is 2. The number of anilines is 1. The second kappa shape index (κ2) is 7.79. The zero-order chi connectivity index (χ0) is 15.5. The quantitative estimate of drug-likeness (QED) is 0.771. The Kier molecular flexibility index (Phi) is 6.02. The summed E-state index contributed by atoms with van der Waals surface area (Å²) in [4.78, 5) is 24.2. The largest absolute Gasteiger partial charge is 0.349 e. The van der Waals surface area contributed by atoms with Gasteiger partial charge in [0.25, 0.3) is 5.91 Å². The lowest BCUT2D eigenvalue weighted by Gasteiger charge is -2.19. The average molecular weight is 338 g/mol. The van der Waals surface area contributed by atoms with E-state index < -0.39 is 0 Å². The maximum Gasteiger partial charge on any atom is 0.251 e. The number of halogens is 1. The summed E-state index contributed by atoms with van der Waals surface area (Å²) in [6.07, 6.45) is 5.12. The summed E-state index contributed by atoms with van der Waals surface area (Å²) in [5.74, 6) is 0.493. The number of benzene rings is 1. The van der Waals surface area contributed by atoms with Gasteiger partial charge in [-0.15, -0.1) is 12.4 Å². The monoisotopic (exact) mass is 337 g/mol. The molecule has 2 saturated carbocycles. The molecule has 23 heavy (non-hydrogen) atoms. The molecule has 0 aliphatic heterocycles. The number of nitrogens with one attached hydrogen (secondary N) is 2. The van der Waals surface area contributed by atoms with E-state index in [4.69, 9.17) is 5.73 Å². The van der Waals surface area contributed by atoms with Gasteiger partial charge in [0, 0.05) is 23.2 Å². The van der Waals surface area contributed by atoms with Crippen molar-refractivity contribution in [3.05, 3.63) is 29.8 Å². The molecule has 126 valence electrons. The van der Waals surface area contributed by atoms with Crippen molar-refractivity contribution in [1.29, 1.82) is 0 Å². The minimum Gasteiger partial charge on any atom is -0.349 e. The first-order valence-corrected chi connectivity index (χ1v) is 8.09. The third-order valence-corrected chi connectivity index (χ3v) is 4.62. The molecule has 2 atom stereocenters. The Hall–Kier alpha value is -1.59. The van der Waals surface area contributed by atoms with Crippen molar-refractivity contribution in [3.63, 3.8) is 0 Å². The molecule has 2 aliphatic carbocycles. The number of carbonyl (C=O) groups is 2. The second-order valence-corrected chi connectivity index (χ2v) is 6.35. The fourth-order valence-corrected chi connectivity index (χ4v) is 3.09. The van der Waals surface area contributed by atoms with E-state index in [0.29, 0.717) is 23.7 Å². The molecule has 1 aromatic carbocycles. The molecule has 0 aromatic heterocycles. The van der Waals surface area contributed by atoms with Crippen LogP contribution in [0.1, 0.15) is 42.5 Å². The minimum atomic E-state index is -0.0899. The zero-order valence-corrected chi connectivity index (χ0v) is 13.9. The first-order chi connectivity index (χ1) is 10.7. The molecule has 0 saturated heterocycles. The summed E-state index contributed by atoms with van der Waals surface area (Å²) in [6.45, 7) is 0.614. The highest BCUT2D eigenvalue weighted by Gasteiger charge is 2.30. The average Bonchev–Trinajstić information content (AvgIpc) is 3.28. The van der Waals surface area contributed by atoms with Crippen LogP contribution in [0, 0.1) is 11.8 Å². The lowest BCUT2D eigenvalue weighted by atomic mass is 10.0. The maximum absolute atomic E-state index is 12.4. The summed E-state index contributed by atoms with van der Waals surface area (Å²) < 4.78 is 0. The van der Waals surface area contributed by atoms with Gasteiger partial charge in [0.05, 0.1) is 0 Å². The van der Waals surface area contributed by atoms with E-state index in [1.807, 2.05) is 6.07 Å². The van der Waals surface area contributed by atoms with Crippen molar-refractivity contribution in [2.75, 3.05) is 11.9 Å². The van der Waals surface area contributed by atoms with E-state index in [1.165, 1.54) is 0 Å². The van der Waals surface area contributed by atoms with Crippen LogP contribution in [0.3, 0.4) is 0 Å². The summed E-state index contributed by atoms with van der Waals surface area (Å²) in [5, 5.41) is 5.95. The molecule has 6 heteroatoms. The predicted octanol–water partition coefficient (Wildman–Crippen LogP) is 2.31. The lowest BCUT2D eigenvalue weighted by Crippen LogP contribution is -2.39. The van der Waals surface area contributed by atoms with Crippen LogP contribution in [0.4, 0.5) is 5.69 Å². The van der Waals surface area contributed by atoms with E-state index in [-0.39, 0.29) is 36.2 Å². The molecule has 2 amide bonds. The third-order valence-electron chi connectivity index (χ3n) is 4.62. The summed E-state index contributed by atoms with van der Waals surface area (Å²) in [5.41, 5.74) is 7.02. The molecule has 3 rings (SSSR count).